The van der Waals surface area contributed by atoms with E-state index < -0.39 is 42.7 Å². The number of ether oxygens (including phenoxy) is 1. The maximum Gasteiger partial charge on any atom is 0.266 e. The maximum atomic E-state index is 14.1. The summed E-state index contributed by atoms with van der Waals surface area (Å²) in [5.74, 6) is -5.65. The summed E-state index contributed by atoms with van der Waals surface area (Å²) in [5, 5.41) is 1.08. The molecule has 7 nitrogen and oxygen atoms in total. The van der Waals surface area contributed by atoms with Gasteiger partial charge < -0.3 is 20.4 Å². The van der Waals surface area contributed by atoms with E-state index >= 15 is 0 Å². The lowest BCUT2D eigenvalue weighted by Gasteiger charge is -2.37. The van der Waals surface area contributed by atoms with Gasteiger partial charge in [0.1, 0.15) is 5.75 Å². The van der Waals surface area contributed by atoms with Crippen LogP contribution in [-0.2, 0) is 9.59 Å². The van der Waals surface area contributed by atoms with Crippen LogP contribution in [0.4, 0.5) is 8.78 Å². The van der Waals surface area contributed by atoms with Crippen molar-refractivity contribution in [2.24, 2.45) is 11.7 Å². The Bertz CT molecular complexity index is 1320. The van der Waals surface area contributed by atoms with E-state index in [-0.39, 0.29) is 17.9 Å². The standard InChI is InChI=1S/C25H25F2N3O4/c1-14-5-3-4-6-18(14)21-11-29-23(32)20-9-17(7-8-19(20)21)34-15(2)24(33)30-12-16(22(28)31)10-25(26,27)13-30/h3-9,11,15-16H,10,12-13H2,1-2H3,(H2,28,31)(H,29,32)/t15-,16+/m1/s1. The number of H-pyrrole nitrogens is 1. The number of aromatic nitrogens is 1. The highest BCUT2D eigenvalue weighted by Gasteiger charge is 2.44. The van der Waals surface area contributed by atoms with Crippen molar-refractivity contribution in [2.45, 2.75) is 32.3 Å². The van der Waals surface area contributed by atoms with Gasteiger partial charge in [0.25, 0.3) is 17.4 Å². The Morgan fingerprint density at radius 1 is 1.18 bits per heavy atom. The Morgan fingerprint density at radius 3 is 2.62 bits per heavy atom. The third-order valence-corrected chi connectivity index (χ3v) is 6.09. The second kappa shape index (κ2) is 8.89. The molecule has 3 aromatic rings. The van der Waals surface area contributed by atoms with E-state index in [0.29, 0.717) is 10.8 Å². The maximum absolute atomic E-state index is 14.1. The van der Waals surface area contributed by atoms with Gasteiger partial charge in [-0.3, -0.25) is 14.4 Å². The first-order chi connectivity index (χ1) is 16.1. The van der Waals surface area contributed by atoms with Crippen molar-refractivity contribution in [3.05, 3.63) is 64.6 Å². The molecule has 4 rings (SSSR count). The van der Waals surface area contributed by atoms with Crippen molar-refractivity contribution in [1.29, 1.82) is 0 Å². The molecule has 9 heteroatoms. The number of piperidine rings is 1. The van der Waals surface area contributed by atoms with Gasteiger partial charge in [0, 0.05) is 24.7 Å². The molecule has 178 valence electrons. The monoisotopic (exact) mass is 469 g/mol. The van der Waals surface area contributed by atoms with Crippen LogP contribution in [0.5, 0.6) is 5.75 Å². The number of hydrogen-bond acceptors (Lipinski definition) is 4. The zero-order valence-electron chi connectivity index (χ0n) is 18.8. The molecule has 0 unspecified atom stereocenters. The second-order valence-corrected chi connectivity index (χ2v) is 8.69. The number of halogens is 2. The number of nitrogens with one attached hydrogen (secondary N) is 1. The summed E-state index contributed by atoms with van der Waals surface area (Å²) >= 11 is 0. The number of aryl methyl sites for hydroxylation is 1. The molecule has 2 atom stereocenters. The minimum Gasteiger partial charge on any atom is -0.481 e. The first-order valence-corrected chi connectivity index (χ1v) is 10.9. The number of aromatic amines is 1. The Morgan fingerprint density at radius 2 is 1.91 bits per heavy atom. The second-order valence-electron chi connectivity index (χ2n) is 8.69. The minimum absolute atomic E-state index is 0.186. The smallest absolute Gasteiger partial charge is 0.266 e. The molecular weight excluding hydrogens is 444 g/mol. The molecule has 0 radical (unpaired) electrons. The van der Waals surface area contributed by atoms with Crippen LogP contribution < -0.4 is 16.0 Å². The Hall–Kier alpha value is -3.75. The number of amides is 2. The van der Waals surface area contributed by atoms with Crippen LogP contribution in [0.3, 0.4) is 0 Å². The number of nitrogens with two attached hydrogens (primary N) is 1. The molecule has 2 aromatic carbocycles. The van der Waals surface area contributed by atoms with Crippen molar-refractivity contribution >= 4 is 22.6 Å². The number of rotatable bonds is 5. The van der Waals surface area contributed by atoms with E-state index in [9.17, 15) is 23.2 Å². The molecule has 1 aliphatic heterocycles. The summed E-state index contributed by atoms with van der Waals surface area (Å²) < 4.78 is 33.8. The number of carbonyl (C=O) groups is 2. The quantitative estimate of drug-likeness (QED) is 0.598. The molecule has 2 amide bonds. The van der Waals surface area contributed by atoms with Crippen LogP contribution in [0.25, 0.3) is 21.9 Å². The van der Waals surface area contributed by atoms with E-state index in [1.165, 1.54) is 13.0 Å². The van der Waals surface area contributed by atoms with Gasteiger partial charge in [-0.25, -0.2) is 8.78 Å². The summed E-state index contributed by atoms with van der Waals surface area (Å²) in [7, 11) is 0. The third kappa shape index (κ3) is 4.64. The number of hydrogen-bond donors (Lipinski definition) is 2. The molecule has 0 bridgehead atoms. The number of alkyl halides is 2. The molecule has 0 spiro atoms. The van der Waals surface area contributed by atoms with Gasteiger partial charge in [0.05, 0.1) is 17.8 Å². The summed E-state index contributed by atoms with van der Waals surface area (Å²) in [4.78, 5) is 40.4. The van der Waals surface area contributed by atoms with Crippen molar-refractivity contribution in [3.8, 4) is 16.9 Å². The molecule has 0 aliphatic carbocycles. The first-order valence-electron chi connectivity index (χ1n) is 10.9. The van der Waals surface area contributed by atoms with Crippen LogP contribution in [0, 0.1) is 12.8 Å². The van der Waals surface area contributed by atoms with E-state index in [4.69, 9.17) is 10.5 Å². The third-order valence-electron chi connectivity index (χ3n) is 6.09. The normalized spacial score (nSPS) is 18.5. The average Bonchev–Trinajstić information content (AvgIpc) is 2.78. The van der Waals surface area contributed by atoms with E-state index in [0.717, 1.165) is 21.6 Å². The highest BCUT2D eigenvalue weighted by molar-refractivity contribution is 5.97. The van der Waals surface area contributed by atoms with Crippen molar-refractivity contribution in [2.75, 3.05) is 13.1 Å². The highest BCUT2D eigenvalue weighted by Crippen LogP contribution is 2.32. The van der Waals surface area contributed by atoms with Crippen LogP contribution >= 0.6 is 0 Å². The summed E-state index contributed by atoms with van der Waals surface area (Å²) in [5.41, 5.74) is 7.74. The molecule has 34 heavy (non-hydrogen) atoms. The lowest BCUT2D eigenvalue weighted by molar-refractivity contribution is -0.154. The minimum atomic E-state index is -3.21. The SMILES string of the molecule is Cc1ccccc1-c1c[nH]c(=O)c2cc(O[C@H](C)C(=O)N3C[C@@H](C(N)=O)CC(F)(F)C3)ccc12. The van der Waals surface area contributed by atoms with Gasteiger partial charge in [-0.05, 0) is 48.6 Å². The van der Waals surface area contributed by atoms with Crippen LogP contribution in [0.2, 0.25) is 0 Å². The summed E-state index contributed by atoms with van der Waals surface area (Å²) in [6, 6.07) is 12.7. The average molecular weight is 469 g/mol. The molecule has 0 saturated carbocycles. The molecular formula is C25H25F2N3O4. The zero-order chi connectivity index (χ0) is 24.6. The van der Waals surface area contributed by atoms with Gasteiger partial charge in [-0.2, -0.15) is 0 Å². The number of likely N-dealkylation sites (tertiary alicyclic amines) is 1. The van der Waals surface area contributed by atoms with E-state index in [1.807, 2.05) is 31.2 Å². The number of primary amides is 1. The van der Waals surface area contributed by atoms with Crippen molar-refractivity contribution in [3.63, 3.8) is 0 Å². The fraction of sp³-hybridized carbons (Fsp3) is 0.320. The number of nitrogens with zero attached hydrogens (tertiary/aromatic N) is 1. The topological polar surface area (TPSA) is 105 Å². The largest absolute Gasteiger partial charge is 0.481 e. The molecule has 1 aromatic heterocycles. The molecule has 1 aliphatic rings. The number of benzene rings is 2. The van der Waals surface area contributed by atoms with Gasteiger partial charge >= 0.3 is 0 Å². The summed E-state index contributed by atoms with van der Waals surface area (Å²) in [6.07, 6.45) is -0.137. The van der Waals surface area contributed by atoms with Gasteiger partial charge in [-0.1, -0.05) is 24.3 Å². The molecule has 1 saturated heterocycles. The number of fused-ring (bicyclic) bond motifs is 1. The summed E-state index contributed by atoms with van der Waals surface area (Å²) in [6.45, 7) is 2.42. The molecule has 1 fully saturated rings. The fourth-order valence-corrected chi connectivity index (χ4v) is 4.38. The van der Waals surface area contributed by atoms with Crippen molar-refractivity contribution in [1.82, 2.24) is 9.88 Å². The predicted molar refractivity (Wildman–Crippen MR) is 124 cm³/mol. The zero-order valence-corrected chi connectivity index (χ0v) is 18.8. The Balaban J connectivity index is 1.59. The lowest BCUT2D eigenvalue weighted by atomic mass is 9.94. The van der Waals surface area contributed by atoms with Crippen molar-refractivity contribution < 1.29 is 23.1 Å². The first kappa shape index (κ1) is 23.4. The van der Waals surface area contributed by atoms with Crippen LogP contribution in [-0.4, -0.2) is 46.8 Å². The van der Waals surface area contributed by atoms with E-state index in [2.05, 4.69) is 4.98 Å². The Labute approximate surface area is 194 Å². The number of carbonyl (C=O) groups excluding carboxylic acids is 2. The van der Waals surface area contributed by atoms with Gasteiger partial charge in [0.15, 0.2) is 6.10 Å². The van der Waals surface area contributed by atoms with Gasteiger partial charge in [-0.15, -0.1) is 0 Å². The van der Waals surface area contributed by atoms with Gasteiger partial charge in [0.2, 0.25) is 5.91 Å². The Kier molecular flexibility index (Phi) is 6.12. The predicted octanol–water partition coefficient (Wildman–Crippen LogP) is 3.24. The number of pyridine rings is 1. The fourth-order valence-electron chi connectivity index (χ4n) is 4.38. The molecule has 2 heterocycles. The van der Waals surface area contributed by atoms with Crippen LogP contribution in [0.1, 0.15) is 18.9 Å². The highest BCUT2D eigenvalue weighted by atomic mass is 19.3. The van der Waals surface area contributed by atoms with E-state index in [1.54, 1.807) is 18.3 Å². The van der Waals surface area contributed by atoms with Crippen LogP contribution in [0.15, 0.2) is 53.5 Å². The lowest BCUT2D eigenvalue weighted by Crippen LogP contribution is -2.55. The molecule has 3 N–H and O–H groups in total.